The molecule has 0 aromatic heterocycles. The predicted octanol–water partition coefficient (Wildman–Crippen LogP) is 0.622. The highest BCUT2D eigenvalue weighted by molar-refractivity contribution is 7.91. The van der Waals surface area contributed by atoms with Crippen LogP contribution in [-0.4, -0.2) is 27.0 Å². The number of sulfone groups is 1. The molecule has 0 radical (unpaired) electrons. The molecule has 0 aliphatic heterocycles. The van der Waals surface area contributed by atoms with Crippen molar-refractivity contribution < 1.29 is 13.2 Å². The Morgan fingerprint density at radius 2 is 2.07 bits per heavy atom. The number of carbonyl (C=O) groups excluding carboxylic acids is 1. The second kappa shape index (κ2) is 5.04. The fraction of sp³-hybridized carbons (Fsp3) is 0.300. The van der Waals surface area contributed by atoms with Crippen LogP contribution in [0.3, 0.4) is 0 Å². The van der Waals surface area contributed by atoms with Crippen molar-refractivity contribution in [1.29, 1.82) is 0 Å². The van der Waals surface area contributed by atoms with Gasteiger partial charge in [0.1, 0.15) is 6.29 Å². The number of nitrogens with two attached hydrogens (primary N) is 1. The van der Waals surface area contributed by atoms with Gasteiger partial charge in [-0.25, -0.2) is 8.42 Å². The molecule has 4 nitrogen and oxygen atoms in total. The topological polar surface area (TPSA) is 77.2 Å². The van der Waals surface area contributed by atoms with Crippen molar-refractivity contribution in [2.75, 3.05) is 12.3 Å². The lowest BCUT2D eigenvalue weighted by atomic mass is 10.2. The van der Waals surface area contributed by atoms with Crippen LogP contribution in [0.1, 0.15) is 16.8 Å². The van der Waals surface area contributed by atoms with Gasteiger partial charge in [0.2, 0.25) is 0 Å². The number of benzene rings is 1. The van der Waals surface area contributed by atoms with Crippen molar-refractivity contribution in [2.24, 2.45) is 5.73 Å². The van der Waals surface area contributed by atoms with Crippen LogP contribution >= 0.6 is 0 Å². The van der Waals surface area contributed by atoms with Crippen LogP contribution in [0, 0.1) is 0 Å². The fourth-order valence-corrected chi connectivity index (χ4v) is 2.56. The SMILES string of the molecule is NCCCS(=O)(=O)c1cccc(C=O)c1. The molecule has 0 unspecified atom stereocenters. The van der Waals surface area contributed by atoms with Crippen LogP contribution in [0.4, 0.5) is 0 Å². The molecular formula is C10H13NO3S. The van der Waals surface area contributed by atoms with E-state index < -0.39 is 9.84 Å². The van der Waals surface area contributed by atoms with Gasteiger partial charge >= 0.3 is 0 Å². The zero-order valence-corrected chi connectivity index (χ0v) is 9.03. The van der Waals surface area contributed by atoms with E-state index in [0.29, 0.717) is 24.8 Å². The molecule has 0 aliphatic carbocycles. The maximum atomic E-state index is 11.7. The molecule has 1 aromatic carbocycles. The number of carbonyl (C=O) groups is 1. The summed E-state index contributed by atoms with van der Waals surface area (Å²) in [4.78, 5) is 10.7. The first-order valence-corrected chi connectivity index (χ1v) is 6.23. The van der Waals surface area contributed by atoms with Crippen molar-refractivity contribution >= 4 is 16.1 Å². The summed E-state index contributed by atoms with van der Waals surface area (Å²) in [6, 6.07) is 5.98. The Labute approximate surface area is 89.0 Å². The summed E-state index contributed by atoms with van der Waals surface area (Å²) in [7, 11) is -3.29. The van der Waals surface area contributed by atoms with Crippen molar-refractivity contribution in [1.82, 2.24) is 0 Å². The van der Waals surface area contributed by atoms with Crippen LogP contribution < -0.4 is 5.73 Å². The molecule has 82 valence electrons. The molecule has 15 heavy (non-hydrogen) atoms. The second-order valence-corrected chi connectivity index (χ2v) is 5.26. The van der Waals surface area contributed by atoms with Crippen LogP contribution in [0.15, 0.2) is 29.2 Å². The quantitative estimate of drug-likeness (QED) is 0.748. The van der Waals surface area contributed by atoms with Gasteiger partial charge in [0, 0.05) is 5.56 Å². The van der Waals surface area contributed by atoms with E-state index in [9.17, 15) is 13.2 Å². The average Bonchev–Trinajstić information content (AvgIpc) is 2.26. The van der Waals surface area contributed by atoms with E-state index in [-0.39, 0.29) is 10.6 Å². The minimum Gasteiger partial charge on any atom is -0.330 e. The molecule has 0 saturated carbocycles. The van der Waals surface area contributed by atoms with Crippen LogP contribution in [0.25, 0.3) is 0 Å². The summed E-state index contributed by atoms with van der Waals surface area (Å²) in [6.45, 7) is 0.340. The Bertz CT molecular complexity index is 440. The van der Waals surface area contributed by atoms with Crippen LogP contribution in [0.2, 0.25) is 0 Å². The smallest absolute Gasteiger partial charge is 0.178 e. The Morgan fingerprint density at radius 3 is 2.67 bits per heavy atom. The first-order chi connectivity index (χ1) is 7.10. The first-order valence-electron chi connectivity index (χ1n) is 4.58. The molecule has 1 aromatic rings. The number of hydrogen-bond acceptors (Lipinski definition) is 4. The Balaban J connectivity index is 2.99. The molecule has 0 atom stereocenters. The van der Waals surface area contributed by atoms with Gasteiger partial charge in [-0.1, -0.05) is 12.1 Å². The molecule has 0 aliphatic rings. The van der Waals surface area contributed by atoms with E-state index in [2.05, 4.69) is 0 Å². The molecular weight excluding hydrogens is 214 g/mol. The molecule has 1 rings (SSSR count). The second-order valence-electron chi connectivity index (χ2n) is 3.15. The van der Waals surface area contributed by atoms with Gasteiger partial charge in [0.05, 0.1) is 10.6 Å². The van der Waals surface area contributed by atoms with Gasteiger partial charge in [-0.2, -0.15) is 0 Å². The van der Waals surface area contributed by atoms with E-state index >= 15 is 0 Å². The van der Waals surface area contributed by atoms with Crippen molar-refractivity contribution in [3.63, 3.8) is 0 Å². The van der Waals surface area contributed by atoms with Crippen molar-refractivity contribution in [2.45, 2.75) is 11.3 Å². The standard InChI is InChI=1S/C10H13NO3S/c11-5-2-6-15(13,14)10-4-1-3-9(7-10)8-12/h1,3-4,7-8H,2,5-6,11H2. The van der Waals surface area contributed by atoms with E-state index in [1.807, 2.05) is 0 Å². The minimum absolute atomic E-state index is 0.0197. The summed E-state index contributed by atoms with van der Waals surface area (Å²) >= 11 is 0. The highest BCUT2D eigenvalue weighted by atomic mass is 32.2. The maximum absolute atomic E-state index is 11.7. The summed E-state index contributed by atoms with van der Waals surface area (Å²) in [6.07, 6.45) is 1.05. The Kier molecular flexibility index (Phi) is 3.99. The van der Waals surface area contributed by atoms with Crippen molar-refractivity contribution in [3.05, 3.63) is 29.8 Å². The lowest BCUT2D eigenvalue weighted by Crippen LogP contribution is -2.11. The summed E-state index contributed by atoms with van der Waals surface area (Å²) in [5.41, 5.74) is 5.61. The van der Waals surface area contributed by atoms with Crippen LogP contribution in [0.5, 0.6) is 0 Å². The Morgan fingerprint density at radius 1 is 1.33 bits per heavy atom. The van der Waals surface area contributed by atoms with Gasteiger partial charge in [0.25, 0.3) is 0 Å². The van der Waals surface area contributed by atoms with Crippen molar-refractivity contribution in [3.8, 4) is 0 Å². The molecule has 0 bridgehead atoms. The summed E-state index contributed by atoms with van der Waals surface area (Å²) in [5, 5.41) is 0. The predicted molar refractivity (Wildman–Crippen MR) is 57.6 cm³/mol. The van der Waals surface area contributed by atoms with E-state index in [4.69, 9.17) is 5.73 Å². The van der Waals surface area contributed by atoms with E-state index in [1.165, 1.54) is 12.1 Å². The monoisotopic (exact) mass is 227 g/mol. The zero-order chi connectivity index (χ0) is 11.3. The molecule has 0 amide bonds. The zero-order valence-electron chi connectivity index (χ0n) is 8.22. The molecule has 5 heteroatoms. The number of rotatable bonds is 5. The molecule has 0 spiro atoms. The highest BCUT2D eigenvalue weighted by Gasteiger charge is 2.13. The number of hydrogen-bond donors (Lipinski definition) is 1. The number of aldehydes is 1. The van der Waals surface area contributed by atoms with Gasteiger partial charge in [-0.3, -0.25) is 4.79 Å². The lowest BCUT2D eigenvalue weighted by molar-refractivity contribution is 0.112. The van der Waals surface area contributed by atoms with E-state index in [0.717, 1.165) is 0 Å². The van der Waals surface area contributed by atoms with Gasteiger partial charge in [-0.05, 0) is 25.1 Å². The van der Waals surface area contributed by atoms with Gasteiger partial charge in [-0.15, -0.1) is 0 Å². The van der Waals surface area contributed by atoms with Gasteiger partial charge < -0.3 is 5.73 Å². The third-order valence-electron chi connectivity index (χ3n) is 1.97. The molecule has 0 saturated heterocycles. The summed E-state index contributed by atoms with van der Waals surface area (Å²) in [5.74, 6) is 0.0197. The van der Waals surface area contributed by atoms with Crippen LogP contribution in [-0.2, 0) is 9.84 Å². The maximum Gasteiger partial charge on any atom is 0.178 e. The third kappa shape index (κ3) is 3.14. The minimum atomic E-state index is -3.29. The summed E-state index contributed by atoms with van der Waals surface area (Å²) < 4.78 is 23.4. The normalized spacial score (nSPS) is 11.3. The lowest BCUT2D eigenvalue weighted by Gasteiger charge is -2.03. The fourth-order valence-electron chi connectivity index (χ4n) is 1.17. The van der Waals surface area contributed by atoms with Gasteiger partial charge in [0.15, 0.2) is 9.84 Å². The average molecular weight is 227 g/mol. The highest BCUT2D eigenvalue weighted by Crippen LogP contribution is 2.12. The molecule has 0 heterocycles. The first kappa shape index (κ1) is 11.9. The third-order valence-corrected chi connectivity index (χ3v) is 3.77. The van der Waals surface area contributed by atoms with E-state index in [1.54, 1.807) is 12.1 Å². The largest absolute Gasteiger partial charge is 0.330 e. The molecule has 0 fully saturated rings. The molecule has 2 N–H and O–H groups in total. The Hall–Kier alpha value is -1.20.